The van der Waals surface area contributed by atoms with Crippen LogP contribution in [0.1, 0.15) is 12.5 Å². The van der Waals surface area contributed by atoms with Crippen molar-refractivity contribution in [1.82, 2.24) is 5.32 Å². The molecule has 76 valence electrons. The molecule has 4 nitrogen and oxygen atoms in total. The maximum Gasteiger partial charge on any atom is 0.319 e. The van der Waals surface area contributed by atoms with E-state index in [-0.39, 0.29) is 11.8 Å². The van der Waals surface area contributed by atoms with E-state index in [0.29, 0.717) is 12.2 Å². The van der Waals surface area contributed by atoms with E-state index >= 15 is 0 Å². The largest absolute Gasteiger partial charge is 0.508 e. The summed E-state index contributed by atoms with van der Waals surface area (Å²) in [5.41, 5.74) is 1.37. The zero-order valence-electron chi connectivity index (χ0n) is 8.29. The molecule has 0 aliphatic carbocycles. The van der Waals surface area contributed by atoms with Gasteiger partial charge in [-0.15, -0.1) is 0 Å². The van der Waals surface area contributed by atoms with Gasteiger partial charge in [-0.25, -0.2) is 4.79 Å². The third kappa shape index (κ3) is 2.65. The minimum Gasteiger partial charge on any atom is -0.508 e. The summed E-state index contributed by atoms with van der Waals surface area (Å²) in [5.74, 6) is 0.180. The Hall–Kier alpha value is -1.71. The smallest absolute Gasteiger partial charge is 0.319 e. The average molecular weight is 194 g/mol. The molecule has 0 aliphatic heterocycles. The number of hydrogen-bond acceptors (Lipinski definition) is 2. The molecule has 0 spiro atoms. The SMILES string of the molecule is CCNC(=O)Nc1ccc(C)c(O)c1. The Kier molecular flexibility index (Phi) is 3.34. The minimum absolute atomic E-state index is 0.180. The van der Waals surface area contributed by atoms with E-state index in [4.69, 9.17) is 0 Å². The molecular formula is C10H14N2O2. The second-order valence-corrected chi connectivity index (χ2v) is 2.99. The number of hydrogen-bond donors (Lipinski definition) is 3. The van der Waals surface area contributed by atoms with Crippen molar-refractivity contribution < 1.29 is 9.90 Å². The number of benzene rings is 1. The van der Waals surface area contributed by atoms with Gasteiger partial charge < -0.3 is 15.7 Å². The second-order valence-electron chi connectivity index (χ2n) is 2.99. The Morgan fingerprint density at radius 2 is 2.21 bits per heavy atom. The molecule has 0 radical (unpaired) electrons. The van der Waals surface area contributed by atoms with E-state index in [2.05, 4.69) is 10.6 Å². The monoisotopic (exact) mass is 194 g/mol. The number of aromatic hydroxyl groups is 1. The number of carbonyl (C=O) groups excluding carboxylic acids is 1. The fourth-order valence-corrected chi connectivity index (χ4v) is 1.02. The standard InChI is InChI=1S/C10H14N2O2/c1-3-11-10(14)12-8-5-4-7(2)9(13)6-8/h4-6,13H,3H2,1-2H3,(H2,11,12,14). The van der Waals surface area contributed by atoms with Gasteiger partial charge in [0.05, 0.1) is 0 Å². The predicted molar refractivity (Wildman–Crippen MR) is 55.5 cm³/mol. The van der Waals surface area contributed by atoms with Crippen LogP contribution >= 0.6 is 0 Å². The zero-order chi connectivity index (χ0) is 10.6. The van der Waals surface area contributed by atoms with Crippen molar-refractivity contribution in [2.75, 3.05) is 11.9 Å². The van der Waals surface area contributed by atoms with Gasteiger partial charge in [0.2, 0.25) is 0 Å². The van der Waals surface area contributed by atoms with E-state index < -0.39 is 0 Å². The molecule has 0 bridgehead atoms. The van der Waals surface area contributed by atoms with Crippen LogP contribution in [0.25, 0.3) is 0 Å². The summed E-state index contributed by atoms with van der Waals surface area (Å²) in [4.78, 5) is 11.1. The average Bonchev–Trinajstić information content (AvgIpc) is 2.12. The van der Waals surface area contributed by atoms with Crippen molar-refractivity contribution in [1.29, 1.82) is 0 Å². The Bertz CT molecular complexity index is 337. The quantitative estimate of drug-likeness (QED) is 0.672. The summed E-state index contributed by atoms with van der Waals surface area (Å²) in [5, 5.41) is 14.6. The van der Waals surface area contributed by atoms with Crippen molar-refractivity contribution in [3.8, 4) is 5.75 Å². The van der Waals surface area contributed by atoms with Gasteiger partial charge in [-0.3, -0.25) is 0 Å². The summed E-state index contributed by atoms with van der Waals surface area (Å²) in [6, 6.07) is 4.74. The van der Waals surface area contributed by atoms with Crippen LogP contribution in [0.2, 0.25) is 0 Å². The van der Waals surface area contributed by atoms with Gasteiger partial charge in [-0.05, 0) is 25.5 Å². The lowest BCUT2D eigenvalue weighted by Gasteiger charge is -2.06. The fraction of sp³-hybridized carbons (Fsp3) is 0.300. The van der Waals surface area contributed by atoms with Crippen molar-refractivity contribution in [3.05, 3.63) is 23.8 Å². The molecule has 0 heterocycles. The third-order valence-corrected chi connectivity index (χ3v) is 1.80. The van der Waals surface area contributed by atoms with Crippen molar-refractivity contribution in [3.63, 3.8) is 0 Å². The first-order valence-electron chi connectivity index (χ1n) is 4.48. The summed E-state index contributed by atoms with van der Waals surface area (Å²) in [6.45, 7) is 4.21. The second kappa shape index (κ2) is 4.50. The van der Waals surface area contributed by atoms with Crippen LogP contribution in [-0.4, -0.2) is 17.7 Å². The van der Waals surface area contributed by atoms with Gasteiger partial charge in [-0.1, -0.05) is 6.07 Å². The molecule has 0 unspecified atom stereocenters. The number of urea groups is 1. The molecule has 0 aliphatic rings. The van der Waals surface area contributed by atoms with Crippen LogP contribution in [-0.2, 0) is 0 Å². The lowest BCUT2D eigenvalue weighted by Crippen LogP contribution is -2.28. The Labute approximate surface area is 82.9 Å². The Morgan fingerprint density at radius 3 is 2.79 bits per heavy atom. The highest BCUT2D eigenvalue weighted by Crippen LogP contribution is 2.20. The first kappa shape index (κ1) is 10.4. The van der Waals surface area contributed by atoms with Crippen molar-refractivity contribution >= 4 is 11.7 Å². The number of aryl methyl sites for hydroxylation is 1. The molecule has 1 rings (SSSR count). The number of phenols is 1. The molecule has 2 amide bonds. The molecule has 4 heteroatoms. The number of anilines is 1. The molecule has 0 saturated heterocycles. The number of phenolic OH excluding ortho intramolecular Hbond substituents is 1. The third-order valence-electron chi connectivity index (χ3n) is 1.80. The van der Waals surface area contributed by atoms with Gasteiger partial charge in [0.15, 0.2) is 0 Å². The molecule has 0 atom stereocenters. The highest BCUT2D eigenvalue weighted by Gasteiger charge is 2.01. The van der Waals surface area contributed by atoms with Crippen LogP contribution in [0, 0.1) is 6.92 Å². The van der Waals surface area contributed by atoms with Crippen molar-refractivity contribution in [2.45, 2.75) is 13.8 Å². The van der Waals surface area contributed by atoms with E-state index in [0.717, 1.165) is 5.56 Å². The van der Waals surface area contributed by atoms with Gasteiger partial charge >= 0.3 is 6.03 Å². The first-order chi connectivity index (χ1) is 6.63. The Morgan fingerprint density at radius 1 is 1.50 bits per heavy atom. The van der Waals surface area contributed by atoms with E-state index in [9.17, 15) is 9.90 Å². The van der Waals surface area contributed by atoms with Crippen LogP contribution in [0.15, 0.2) is 18.2 Å². The molecule has 1 aromatic carbocycles. The van der Waals surface area contributed by atoms with Crippen molar-refractivity contribution in [2.24, 2.45) is 0 Å². The maximum atomic E-state index is 11.1. The lowest BCUT2D eigenvalue weighted by molar-refractivity contribution is 0.252. The number of rotatable bonds is 2. The number of amides is 2. The minimum atomic E-state index is -0.268. The van der Waals surface area contributed by atoms with Crippen LogP contribution in [0.4, 0.5) is 10.5 Å². The van der Waals surface area contributed by atoms with Gasteiger partial charge in [-0.2, -0.15) is 0 Å². The highest BCUT2D eigenvalue weighted by atomic mass is 16.3. The molecule has 14 heavy (non-hydrogen) atoms. The highest BCUT2D eigenvalue weighted by molar-refractivity contribution is 5.89. The fourth-order valence-electron chi connectivity index (χ4n) is 1.02. The maximum absolute atomic E-state index is 11.1. The molecular weight excluding hydrogens is 180 g/mol. The first-order valence-corrected chi connectivity index (χ1v) is 4.48. The van der Waals surface area contributed by atoms with E-state index in [1.165, 1.54) is 6.07 Å². The van der Waals surface area contributed by atoms with E-state index in [1.54, 1.807) is 19.1 Å². The molecule has 0 saturated carbocycles. The van der Waals surface area contributed by atoms with Crippen LogP contribution in [0.3, 0.4) is 0 Å². The number of nitrogens with one attached hydrogen (secondary N) is 2. The Balaban J connectivity index is 2.68. The van der Waals surface area contributed by atoms with Crippen LogP contribution < -0.4 is 10.6 Å². The summed E-state index contributed by atoms with van der Waals surface area (Å²) in [7, 11) is 0. The lowest BCUT2D eigenvalue weighted by atomic mass is 10.2. The molecule has 0 fully saturated rings. The topological polar surface area (TPSA) is 61.4 Å². The molecule has 1 aromatic rings. The van der Waals surface area contributed by atoms with Gasteiger partial charge in [0, 0.05) is 18.3 Å². The normalized spacial score (nSPS) is 9.57. The van der Waals surface area contributed by atoms with Crippen LogP contribution in [0.5, 0.6) is 5.75 Å². The molecule has 3 N–H and O–H groups in total. The predicted octanol–water partition coefficient (Wildman–Crippen LogP) is 1.84. The summed E-state index contributed by atoms with van der Waals surface area (Å²) >= 11 is 0. The number of carbonyl (C=O) groups is 1. The summed E-state index contributed by atoms with van der Waals surface area (Å²) < 4.78 is 0. The van der Waals surface area contributed by atoms with E-state index in [1.807, 2.05) is 6.92 Å². The molecule has 0 aromatic heterocycles. The summed E-state index contributed by atoms with van der Waals surface area (Å²) in [6.07, 6.45) is 0. The van der Waals surface area contributed by atoms with Gasteiger partial charge in [0.25, 0.3) is 0 Å². The zero-order valence-corrected chi connectivity index (χ0v) is 8.29. The van der Waals surface area contributed by atoms with Gasteiger partial charge in [0.1, 0.15) is 5.75 Å².